The second-order valence-electron chi connectivity index (χ2n) is 8.68. The van der Waals surface area contributed by atoms with Crippen molar-refractivity contribution in [3.63, 3.8) is 0 Å². The average Bonchev–Trinajstić information content (AvgIpc) is 3.11. The van der Waals surface area contributed by atoms with Crippen LogP contribution in [0.2, 0.25) is 0 Å². The Morgan fingerprint density at radius 2 is 2.11 bits per heavy atom. The number of alkyl carbamates (subject to hydrolysis) is 1. The lowest BCUT2D eigenvalue weighted by molar-refractivity contribution is -0.117. The first-order chi connectivity index (χ1) is 16.5. The Balaban J connectivity index is 1.49. The van der Waals surface area contributed by atoms with Crippen molar-refractivity contribution in [2.24, 2.45) is 11.3 Å². The van der Waals surface area contributed by atoms with Gasteiger partial charge in [0, 0.05) is 30.5 Å². The number of phosphoric ester groups is 1. The summed E-state index contributed by atoms with van der Waals surface area (Å²) in [5, 5.41) is 2.35. The SMILES string of the molecule is CCOC(=O)NCC(C)(C)C(=O)SCCO[P@@]1(=O)OC[C@H]2O[C@@H](n3ccc(=O)[nH]c3=O)[C@@H](C)[C@@H]2O1. The highest BCUT2D eigenvalue weighted by Crippen LogP contribution is 2.57. The molecule has 15 heteroatoms. The van der Waals surface area contributed by atoms with Crippen molar-refractivity contribution >= 4 is 30.8 Å². The molecule has 3 heterocycles. The lowest BCUT2D eigenvalue weighted by Gasteiger charge is -2.31. The van der Waals surface area contributed by atoms with Gasteiger partial charge >= 0.3 is 19.6 Å². The van der Waals surface area contributed by atoms with E-state index >= 15 is 0 Å². The number of thioether (sulfide) groups is 1. The molecular weight excluding hydrogens is 505 g/mol. The summed E-state index contributed by atoms with van der Waals surface area (Å²) in [7, 11) is -3.92. The van der Waals surface area contributed by atoms with Gasteiger partial charge in [-0.15, -0.1) is 0 Å². The van der Waals surface area contributed by atoms with Gasteiger partial charge in [0.05, 0.1) is 25.2 Å². The second kappa shape index (κ2) is 11.4. The Morgan fingerprint density at radius 3 is 2.80 bits per heavy atom. The number of H-pyrrole nitrogens is 1. The minimum Gasteiger partial charge on any atom is -0.450 e. The standard InChI is InChI=1S/C20H30N3O10PS/c1-5-29-19(27)21-11-20(3,4)17(25)35-9-8-30-34(28)31-10-13-15(33-34)12(2)16(32-13)23-7-6-14(24)22-18(23)26/h6-7,12-13,15-16H,5,8-11H2,1-4H3,(H,21,27)(H,22,24,26)/t12-,13+,15-,16+,34-/m0/s1. The number of ether oxygens (including phenoxy) is 2. The van der Waals surface area contributed by atoms with Gasteiger partial charge in [-0.25, -0.2) is 14.2 Å². The molecule has 2 aliphatic rings. The zero-order chi connectivity index (χ0) is 25.8. The van der Waals surface area contributed by atoms with Gasteiger partial charge in [0.25, 0.3) is 5.56 Å². The number of aromatic amines is 1. The fraction of sp³-hybridized carbons (Fsp3) is 0.700. The number of nitrogens with zero attached hydrogens (tertiary/aromatic N) is 1. The highest BCUT2D eigenvalue weighted by molar-refractivity contribution is 8.13. The third-order valence-corrected chi connectivity index (χ3v) is 8.14. The summed E-state index contributed by atoms with van der Waals surface area (Å²) in [6, 6.07) is 1.21. The van der Waals surface area contributed by atoms with E-state index < -0.39 is 54.9 Å². The Bertz CT molecular complexity index is 1090. The predicted molar refractivity (Wildman–Crippen MR) is 125 cm³/mol. The van der Waals surface area contributed by atoms with Crippen LogP contribution in [0.1, 0.15) is 33.9 Å². The number of rotatable bonds is 9. The molecule has 2 aliphatic heterocycles. The zero-order valence-corrected chi connectivity index (χ0v) is 21.6. The van der Waals surface area contributed by atoms with Crippen LogP contribution in [0.4, 0.5) is 4.79 Å². The molecule has 2 N–H and O–H groups in total. The molecular formula is C20H30N3O10PS. The van der Waals surface area contributed by atoms with E-state index in [0.717, 1.165) is 11.8 Å². The van der Waals surface area contributed by atoms with Crippen LogP contribution < -0.4 is 16.6 Å². The molecule has 0 radical (unpaired) electrons. The first-order valence-corrected chi connectivity index (χ1v) is 13.5. The molecule has 1 aromatic heterocycles. The number of fused-ring (bicyclic) bond motifs is 1. The first-order valence-electron chi connectivity index (χ1n) is 11.1. The lowest BCUT2D eigenvalue weighted by atomic mass is 9.96. The quantitative estimate of drug-likeness (QED) is 0.349. The molecule has 196 valence electrons. The van der Waals surface area contributed by atoms with Gasteiger partial charge in [-0.2, -0.15) is 0 Å². The molecule has 0 spiro atoms. The average molecular weight is 536 g/mol. The molecule has 1 amide bonds. The van der Waals surface area contributed by atoms with Crippen molar-refractivity contribution in [3.05, 3.63) is 33.1 Å². The van der Waals surface area contributed by atoms with Crippen molar-refractivity contribution in [1.29, 1.82) is 0 Å². The molecule has 2 saturated heterocycles. The Kier molecular flexibility index (Phi) is 9.00. The van der Waals surface area contributed by atoms with Crippen molar-refractivity contribution in [2.75, 3.05) is 32.1 Å². The Labute approximate surface area is 205 Å². The first kappa shape index (κ1) is 27.6. The number of nitrogens with one attached hydrogen (secondary N) is 2. The van der Waals surface area contributed by atoms with E-state index in [2.05, 4.69) is 10.3 Å². The normalized spacial score (nSPS) is 28.3. The van der Waals surface area contributed by atoms with Crippen molar-refractivity contribution < 1.29 is 37.2 Å². The van der Waals surface area contributed by atoms with Crippen LogP contribution in [-0.2, 0) is 32.4 Å². The Hall–Kier alpha value is -1.96. The highest BCUT2D eigenvalue weighted by atomic mass is 32.2. The van der Waals surface area contributed by atoms with Gasteiger partial charge < -0.3 is 14.8 Å². The highest BCUT2D eigenvalue weighted by Gasteiger charge is 2.52. The summed E-state index contributed by atoms with van der Waals surface area (Å²) >= 11 is 0.976. The lowest BCUT2D eigenvalue weighted by Crippen LogP contribution is -2.38. The van der Waals surface area contributed by atoms with Crippen molar-refractivity contribution in [2.45, 2.75) is 46.1 Å². The summed E-state index contributed by atoms with van der Waals surface area (Å²) < 4.78 is 41.2. The number of carbonyl (C=O) groups is 2. The maximum absolute atomic E-state index is 13.0. The fourth-order valence-electron chi connectivity index (χ4n) is 3.56. The summed E-state index contributed by atoms with van der Waals surface area (Å²) in [6.45, 7) is 7.02. The van der Waals surface area contributed by atoms with Gasteiger partial charge in [0.2, 0.25) is 0 Å². The third-order valence-electron chi connectivity index (χ3n) is 5.49. The number of aromatic nitrogens is 2. The summed E-state index contributed by atoms with van der Waals surface area (Å²) in [4.78, 5) is 49.6. The van der Waals surface area contributed by atoms with Crippen LogP contribution in [0.25, 0.3) is 0 Å². The van der Waals surface area contributed by atoms with Crippen LogP contribution in [0.3, 0.4) is 0 Å². The van der Waals surface area contributed by atoms with Gasteiger partial charge in [-0.05, 0) is 6.92 Å². The smallest absolute Gasteiger partial charge is 0.450 e. The van der Waals surface area contributed by atoms with Crippen LogP contribution in [0.15, 0.2) is 21.9 Å². The third kappa shape index (κ3) is 6.83. The fourth-order valence-corrected chi connectivity index (χ4v) is 5.97. The predicted octanol–water partition coefficient (Wildman–Crippen LogP) is 1.64. The molecule has 0 unspecified atom stereocenters. The summed E-state index contributed by atoms with van der Waals surface area (Å²) in [6.07, 6.45) is -1.26. The number of carbonyl (C=O) groups excluding carboxylic acids is 2. The van der Waals surface area contributed by atoms with Crippen LogP contribution in [0.5, 0.6) is 0 Å². The van der Waals surface area contributed by atoms with E-state index in [1.54, 1.807) is 27.7 Å². The van der Waals surface area contributed by atoms with Gasteiger partial charge in [0.1, 0.15) is 18.4 Å². The zero-order valence-electron chi connectivity index (χ0n) is 19.9. The monoisotopic (exact) mass is 535 g/mol. The minimum absolute atomic E-state index is 0.0699. The second-order valence-corrected chi connectivity index (χ2v) is 11.4. The molecule has 13 nitrogen and oxygen atoms in total. The van der Waals surface area contributed by atoms with E-state index in [9.17, 15) is 23.7 Å². The van der Waals surface area contributed by atoms with Gasteiger partial charge in [0.15, 0.2) is 5.12 Å². The number of hydrogen-bond acceptors (Lipinski definition) is 11. The van der Waals surface area contributed by atoms with Gasteiger partial charge in [-0.1, -0.05) is 32.5 Å². The molecule has 35 heavy (non-hydrogen) atoms. The number of phosphoric acid groups is 1. The number of amides is 1. The van der Waals surface area contributed by atoms with Crippen LogP contribution in [-0.4, -0.2) is 65.1 Å². The van der Waals surface area contributed by atoms with E-state index in [1.807, 2.05) is 0 Å². The number of hydrogen-bond donors (Lipinski definition) is 2. The molecule has 0 bridgehead atoms. The molecule has 3 rings (SSSR count). The maximum atomic E-state index is 13.0. The van der Waals surface area contributed by atoms with E-state index in [4.69, 9.17) is 23.0 Å². The van der Waals surface area contributed by atoms with Crippen LogP contribution in [0, 0.1) is 11.3 Å². The van der Waals surface area contributed by atoms with E-state index in [1.165, 1.54) is 16.8 Å². The van der Waals surface area contributed by atoms with Crippen molar-refractivity contribution in [1.82, 2.24) is 14.9 Å². The molecule has 2 fully saturated rings. The van der Waals surface area contributed by atoms with E-state index in [-0.39, 0.29) is 37.2 Å². The summed E-state index contributed by atoms with van der Waals surface area (Å²) in [5.41, 5.74) is -2.00. The van der Waals surface area contributed by atoms with Gasteiger partial charge in [-0.3, -0.25) is 32.7 Å². The molecule has 0 aliphatic carbocycles. The maximum Gasteiger partial charge on any atom is 0.475 e. The molecule has 0 saturated carbocycles. The van der Waals surface area contributed by atoms with Crippen LogP contribution >= 0.6 is 19.6 Å². The molecule has 5 atom stereocenters. The minimum atomic E-state index is -3.92. The molecule has 1 aromatic rings. The molecule has 0 aromatic carbocycles. The van der Waals surface area contributed by atoms with Crippen molar-refractivity contribution in [3.8, 4) is 0 Å². The largest absolute Gasteiger partial charge is 0.475 e. The topological polar surface area (TPSA) is 164 Å². The van der Waals surface area contributed by atoms with E-state index in [0.29, 0.717) is 0 Å². The summed E-state index contributed by atoms with van der Waals surface area (Å²) in [5.74, 6) is -0.207. The Morgan fingerprint density at radius 1 is 1.37 bits per heavy atom.